The lowest BCUT2D eigenvalue weighted by atomic mass is 10.1. The smallest absolute Gasteiger partial charge is 0.319 e. The van der Waals surface area contributed by atoms with E-state index in [4.69, 9.17) is 11.6 Å². The van der Waals surface area contributed by atoms with Crippen molar-refractivity contribution in [3.8, 4) is 0 Å². The molecule has 0 bridgehead atoms. The van der Waals surface area contributed by atoms with Crippen molar-refractivity contribution in [1.82, 2.24) is 4.98 Å². The predicted molar refractivity (Wildman–Crippen MR) is 117 cm³/mol. The minimum atomic E-state index is -4.71. The van der Waals surface area contributed by atoms with Gasteiger partial charge < -0.3 is 9.88 Å². The Hall–Kier alpha value is -2.85. The summed E-state index contributed by atoms with van der Waals surface area (Å²) in [5, 5.41) is -0.948. The molecule has 4 rings (SSSR count). The zero-order valence-electron chi connectivity index (χ0n) is 16.1. The number of amides is 1. The first kappa shape index (κ1) is 22.3. The van der Waals surface area contributed by atoms with Crippen LogP contribution in [-0.2, 0) is 11.3 Å². The maximum atomic E-state index is 14.2. The van der Waals surface area contributed by atoms with E-state index >= 15 is 0 Å². The number of aliphatic imine (C=N–C) groups is 1. The van der Waals surface area contributed by atoms with Crippen LogP contribution in [0.15, 0.2) is 58.3 Å². The first-order valence-electron chi connectivity index (χ1n) is 9.26. The van der Waals surface area contributed by atoms with Crippen molar-refractivity contribution in [2.24, 2.45) is 4.99 Å². The number of H-pyrrole nitrogens is 1. The molecule has 0 saturated carbocycles. The molecule has 0 spiro atoms. The van der Waals surface area contributed by atoms with Crippen molar-refractivity contribution < 1.29 is 22.4 Å². The molecule has 2 aromatic carbocycles. The number of thioether (sulfide) groups is 1. The van der Waals surface area contributed by atoms with Crippen LogP contribution < -0.4 is 10.5 Å². The summed E-state index contributed by atoms with van der Waals surface area (Å²) in [5.41, 5.74) is 0.849. The topological polar surface area (TPSA) is 65.5 Å². The first-order valence-corrected chi connectivity index (χ1v) is 10.6. The molecule has 1 N–H and O–H groups in total. The summed E-state index contributed by atoms with van der Waals surface area (Å²) in [4.78, 5) is 32.4. The van der Waals surface area contributed by atoms with Crippen LogP contribution in [-0.4, -0.2) is 33.9 Å². The number of carbonyl (C=O) groups is 1. The Kier molecular flexibility index (Phi) is 6.00. The van der Waals surface area contributed by atoms with Crippen LogP contribution in [0.1, 0.15) is 5.56 Å². The molecule has 5 nitrogen and oxygen atoms in total. The van der Waals surface area contributed by atoms with E-state index < -0.39 is 34.8 Å². The van der Waals surface area contributed by atoms with Crippen LogP contribution in [0.25, 0.3) is 10.9 Å². The van der Waals surface area contributed by atoms with Gasteiger partial charge in [-0.3, -0.25) is 14.6 Å². The van der Waals surface area contributed by atoms with E-state index in [1.54, 1.807) is 18.2 Å². The second kappa shape index (κ2) is 8.59. The highest BCUT2D eigenvalue weighted by Crippen LogP contribution is 2.37. The number of hydrogen-bond acceptors (Lipinski definition) is 4. The molecule has 0 radical (unpaired) electrons. The Labute approximate surface area is 188 Å². The molecule has 32 heavy (non-hydrogen) atoms. The molecule has 11 heteroatoms. The van der Waals surface area contributed by atoms with E-state index in [1.165, 1.54) is 30.3 Å². The summed E-state index contributed by atoms with van der Waals surface area (Å²) >= 11 is 6.71. The molecular formula is C21H14ClF4N3O2S. The highest BCUT2D eigenvalue weighted by atomic mass is 35.5. The quantitative estimate of drug-likeness (QED) is 0.535. The molecule has 0 fully saturated rings. The summed E-state index contributed by atoms with van der Waals surface area (Å²) in [5.74, 6) is -1.53. The molecule has 3 aromatic rings. The van der Waals surface area contributed by atoms with Gasteiger partial charge in [0.25, 0.3) is 0 Å². The van der Waals surface area contributed by atoms with Crippen LogP contribution in [0.2, 0.25) is 5.02 Å². The third-order valence-electron chi connectivity index (χ3n) is 4.92. The summed E-state index contributed by atoms with van der Waals surface area (Å²) in [6.07, 6.45) is -4.71. The third-order valence-corrected chi connectivity index (χ3v) is 6.15. The van der Waals surface area contributed by atoms with E-state index in [9.17, 15) is 27.2 Å². The van der Waals surface area contributed by atoms with Crippen molar-refractivity contribution in [2.75, 3.05) is 4.90 Å². The van der Waals surface area contributed by atoms with Gasteiger partial charge in [0.1, 0.15) is 11.1 Å². The molecule has 0 aliphatic carbocycles. The van der Waals surface area contributed by atoms with Gasteiger partial charge in [-0.1, -0.05) is 41.6 Å². The van der Waals surface area contributed by atoms with Crippen LogP contribution in [0.5, 0.6) is 0 Å². The number of halogens is 5. The number of hydrogen-bond donors (Lipinski definition) is 1. The lowest BCUT2D eigenvalue weighted by Gasteiger charge is -2.28. The van der Waals surface area contributed by atoms with Gasteiger partial charge in [-0.05, 0) is 29.8 Å². The third kappa shape index (κ3) is 4.37. The molecule has 1 aliphatic rings. The summed E-state index contributed by atoms with van der Waals surface area (Å²) in [7, 11) is 0. The highest BCUT2D eigenvalue weighted by Gasteiger charge is 2.51. The van der Waals surface area contributed by atoms with Gasteiger partial charge >= 0.3 is 6.18 Å². The van der Waals surface area contributed by atoms with Crippen LogP contribution in [0.3, 0.4) is 0 Å². The Morgan fingerprint density at radius 1 is 1.19 bits per heavy atom. The van der Waals surface area contributed by atoms with Gasteiger partial charge in [0.15, 0.2) is 6.04 Å². The number of fused-ring (bicyclic) bond motifs is 1. The molecular weight excluding hydrogens is 470 g/mol. The number of rotatable bonds is 4. The molecule has 2 unspecified atom stereocenters. The van der Waals surface area contributed by atoms with Crippen molar-refractivity contribution >= 4 is 51.4 Å². The maximum Gasteiger partial charge on any atom is 0.412 e. The fraction of sp³-hybridized carbons (Fsp3) is 0.190. The molecule has 2 heterocycles. The van der Waals surface area contributed by atoms with Crippen LogP contribution in [0, 0.1) is 5.82 Å². The minimum Gasteiger partial charge on any atom is -0.319 e. The fourth-order valence-corrected chi connectivity index (χ4v) is 4.61. The van der Waals surface area contributed by atoms with Gasteiger partial charge in [-0.15, -0.1) is 0 Å². The summed E-state index contributed by atoms with van der Waals surface area (Å²) in [6, 6.07) is 9.19. The predicted octanol–water partition coefficient (Wildman–Crippen LogP) is 4.93. The molecule has 0 saturated heterocycles. The average Bonchev–Trinajstić information content (AvgIpc) is 3.23. The van der Waals surface area contributed by atoms with Crippen molar-refractivity contribution in [3.63, 3.8) is 0 Å². The number of nitrogens with one attached hydrogen (secondary N) is 1. The molecule has 166 valence electrons. The Morgan fingerprint density at radius 2 is 1.94 bits per heavy atom. The maximum absolute atomic E-state index is 14.2. The molecule has 2 atom stereocenters. The number of aromatic amines is 1. The number of carbonyl (C=O) groups excluding carboxylic acids is 1. The Morgan fingerprint density at radius 3 is 2.66 bits per heavy atom. The highest BCUT2D eigenvalue weighted by molar-refractivity contribution is 8.13. The largest absolute Gasteiger partial charge is 0.412 e. The number of benzene rings is 2. The van der Waals surface area contributed by atoms with Gasteiger partial charge in [-0.2, -0.15) is 13.2 Å². The van der Waals surface area contributed by atoms with Gasteiger partial charge in [0.05, 0.1) is 17.6 Å². The number of anilines is 1. The zero-order chi connectivity index (χ0) is 23.0. The molecule has 1 aromatic heterocycles. The molecule has 1 aliphatic heterocycles. The number of alkyl halides is 3. The normalized spacial score (nSPS) is 18.3. The van der Waals surface area contributed by atoms with E-state index in [0.29, 0.717) is 17.1 Å². The van der Waals surface area contributed by atoms with E-state index in [-0.39, 0.29) is 28.3 Å². The summed E-state index contributed by atoms with van der Waals surface area (Å²) in [6.45, 7) is -0.273. The zero-order valence-corrected chi connectivity index (χ0v) is 17.6. The monoisotopic (exact) mass is 483 g/mol. The number of para-hydroxylation sites is 1. The average molecular weight is 484 g/mol. The Bertz CT molecular complexity index is 1280. The van der Waals surface area contributed by atoms with Crippen LogP contribution in [0.4, 0.5) is 23.2 Å². The van der Waals surface area contributed by atoms with Crippen molar-refractivity contribution in [2.45, 2.75) is 24.0 Å². The van der Waals surface area contributed by atoms with E-state index in [0.717, 1.165) is 10.4 Å². The number of pyridine rings is 1. The number of aromatic nitrogens is 1. The summed E-state index contributed by atoms with van der Waals surface area (Å²) < 4.78 is 54.5. The van der Waals surface area contributed by atoms with Gasteiger partial charge in [0, 0.05) is 22.2 Å². The first-order chi connectivity index (χ1) is 15.1. The lowest BCUT2D eigenvalue weighted by molar-refractivity contribution is -0.151. The van der Waals surface area contributed by atoms with Gasteiger partial charge in [0.2, 0.25) is 11.5 Å². The lowest BCUT2D eigenvalue weighted by Crippen LogP contribution is -2.46. The second-order valence-electron chi connectivity index (χ2n) is 7.02. The molecule has 1 amide bonds. The van der Waals surface area contributed by atoms with Crippen molar-refractivity contribution in [3.05, 3.63) is 75.3 Å². The van der Waals surface area contributed by atoms with Crippen molar-refractivity contribution in [1.29, 1.82) is 0 Å². The standard InChI is InChI=1S/C21H14ClF4N3O2S/c22-12-3-1-4-13(8-12)29(20(31)18-19(21(24,25)26)27-10-32-18)9-11-7-16(30)28-17-14(11)5-2-6-15(17)23/h1-8,10,18-19H,9H2,(H,28,30). The Balaban J connectivity index is 1.80. The van der Waals surface area contributed by atoms with E-state index in [1.807, 2.05) is 0 Å². The second-order valence-corrected chi connectivity index (χ2v) is 8.45. The number of nitrogens with zero attached hydrogens (tertiary/aromatic N) is 2. The minimum absolute atomic E-state index is 0.0553. The van der Waals surface area contributed by atoms with Crippen LogP contribution >= 0.6 is 23.4 Å². The SMILES string of the molecule is O=C(C1SC=NC1C(F)(F)F)N(Cc1cc(=O)[nH]c2c(F)cccc12)c1cccc(Cl)c1. The fourth-order valence-electron chi connectivity index (χ4n) is 3.48. The van der Waals surface area contributed by atoms with Gasteiger partial charge in [-0.25, -0.2) is 4.39 Å². The van der Waals surface area contributed by atoms with E-state index in [2.05, 4.69) is 9.98 Å².